The zero-order valence-corrected chi connectivity index (χ0v) is 44.0. The van der Waals surface area contributed by atoms with E-state index >= 15 is 0 Å². The second-order valence-corrected chi connectivity index (χ2v) is 22.5. The highest BCUT2D eigenvalue weighted by molar-refractivity contribution is 7.15. The molecule has 2 aromatic carbocycles. The molecule has 21 heteroatoms. The van der Waals surface area contributed by atoms with Crippen molar-refractivity contribution in [2.75, 3.05) is 39.3 Å². The Hall–Kier alpha value is -6.44. The van der Waals surface area contributed by atoms with E-state index in [1.54, 1.807) is 47.4 Å². The van der Waals surface area contributed by atoms with Crippen LogP contribution in [0.1, 0.15) is 120 Å². The molecule has 0 unspecified atom stereocenters. The average molecular weight is 1070 g/mol. The van der Waals surface area contributed by atoms with Crippen LogP contribution in [0.4, 0.5) is 0 Å². The van der Waals surface area contributed by atoms with E-state index in [1.165, 1.54) is 0 Å². The van der Waals surface area contributed by atoms with Gasteiger partial charge in [0.25, 0.3) is 0 Å². The zero-order chi connectivity index (χ0) is 52.1. The number of aliphatic imine (C=N–C) groups is 1. The van der Waals surface area contributed by atoms with E-state index in [9.17, 15) is 29.1 Å². The number of halogens is 2. The topological polar surface area (TPSA) is 223 Å². The summed E-state index contributed by atoms with van der Waals surface area (Å²) in [7, 11) is 0. The summed E-state index contributed by atoms with van der Waals surface area (Å²) in [4.78, 5) is 76.9. The molecule has 5 aromatic rings. The first-order chi connectivity index (χ1) is 35.5. The molecule has 3 N–H and O–H groups in total. The standard InChI is InChI=1S/C53H58Cl2N10O8S/c1-29-30(2)74-50-45(29)47(32-8-10-33(54)11-9-32)58-38(48-62-59-31(3)65(48)50)23-41(66)57-25-42(67)56-20-22-72-43-15-12-34(60-61-43)27-73-40-14-13-37(55)35-16-21-64(49(69)36-7-5-6-17-52(36,4)51(70)71)39(46(35)40)26-63-28-53(18-19-53)24-44(63)68/h8-15,36,38-39H,5-7,16-28H2,1-4H3,(H,56,67)(H,57,66)(H,70,71)/t36-,38-,39+,52-/m0/s1. The van der Waals surface area contributed by atoms with Gasteiger partial charge in [0.15, 0.2) is 5.82 Å². The van der Waals surface area contributed by atoms with Crippen molar-refractivity contribution in [2.24, 2.45) is 21.7 Å². The van der Waals surface area contributed by atoms with Crippen LogP contribution in [-0.2, 0) is 37.0 Å². The van der Waals surface area contributed by atoms with Crippen LogP contribution in [0.3, 0.4) is 0 Å². The molecule has 10 rings (SSSR count). The van der Waals surface area contributed by atoms with Crippen molar-refractivity contribution in [1.82, 2.24) is 45.4 Å². The molecule has 388 valence electrons. The van der Waals surface area contributed by atoms with E-state index in [-0.39, 0.29) is 68.3 Å². The van der Waals surface area contributed by atoms with Crippen molar-refractivity contribution in [3.63, 3.8) is 0 Å². The van der Waals surface area contributed by atoms with Gasteiger partial charge in [-0.3, -0.25) is 33.5 Å². The highest BCUT2D eigenvalue weighted by Gasteiger charge is 2.54. The summed E-state index contributed by atoms with van der Waals surface area (Å²) in [5.74, 6) is -0.732. The maximum atomic E-state index is 14.7. The molecule has 3 fully saturated rings. The van der Waals surface area contributed by atoms with Gasteiger partial charge in [0.1, 0.15) is 41.5 Å². The minimum Gasteiger partial charge on any atom is -0.487 e. The van der Waals surface area contributed by atoms with Crippen LogP contribution < -0.4 is 20.1 Å². The van der Waals surface area contributed by atoms with E-state index in [4.69, 9.17) is 37.7 Å². The van der Waals surface area contributed by atoms with E-state index in [2.05, 4.69) is 44.9 Å². The molecule has 18 nitrogen and oxygen atoms in total. The number of amides is 4. The number of nitrogens with zero attached hydrogens (tertiary/aromatic N) is 8. The minimum absolute atomic E-state index is 0.00133. The molecular weight excluding hydrogens is 1010 g/mol. The van der Waals surface area contributed by atoms with Gasteiger partial charge in [-0.05, 0) is 107 Å². The Balaban J connectivity index is 0.744. The van der Waals surface area contributed by atoms with Gasteiger partial charge in [-0.15, -0.1) is 31.7 Å². The lowest BCUT2D eigenvalue weighted by Crippen LogP contribution is -2.52. The number of benzene rings is 2. The fourth-order valence-corrected chi connectivity index (χ4v) is 12.6. The monoisotopic (exact) mass is 1060 g/mol. The number of rotatable bonds is 16. The fourth-order valence-electron chi connectivity index (χ4n) is 11.0. The molecule has 1 saturated heterocycles. The van der Waals surface area contributed by atoms with Gasteiger partial charge < -0.3 is 35.0 Å². The third-order valence-corrected chi connectivity index (χ3v) is 17.3. The largest absolute Gasteiger partial charge is 0.487 e. The van der Waals surface area contributed by atoms with Gasteiger partial charge >= 0.3 is 5.97 Å². The van der Waals surface area contributed by atoms with Gasteiger partial charge in [-0.25, -0.2) is 0 Å². The maximum absolute atomic E-state index is 14.7. The summed E-state index contributed by atoms with van der Waals surface area (Å²) in [5, 5.41) is 35.2. The summed E-state index contributed by atoms with van der Waals surface area (Å²) < 4.78 is 14.2. The second-order valence-electron chi connectivity index (χ2n) is 20.4. The first-order valence-corrected chi connectivity index (χ1v) is 26.7. The van der Waals surface area contributed by atoms with Crippen molar-refractivity contribution < 1.29 is 38.6 Å². The van der Waals surface area contributed by atoms with E-state index in [0.29, 0.717) is 77.5 Å². The first-order valence-electron chi connectivity index (χ1n) is 25.1. The fraction of sp³-hybridized carbons (Fsp3) is 0.472. The van der Waals surface area contributed by atoms with Gasteiger partial charge in [-0.2, -0.15) is 0 Å². The van der Waals surface area contributed by atoms with Crippen molar-refractivity contribution in [2.45, 2.75) is 104 Å². The van der Waals surface area contributed by atoms with Crippen LogP contribution >= 0.6 is 34.5 Å². The summed E-state index contributed by atoms with van der Waals surface area (Å²) in [5.41, 5.74) is 4.44. The first kappa shape index (κ1) is 51.1. The predicted octanol–water partition coefficient (Wildman–Crippen LogP) is 7.24. The highest BCUT2D eigenvalue weighted by Crippen LogP contribution is 2.54. The molecule has 1 spiro atoms. The molecule has 4 atom stereocenters. The lowest BCUT2D eigenvalue weighted by atomic mass is 9.66. The second kappa shape index (κ2) is 20.7. The number of likely N-dealkylation sites (tertiary alicyclic amines) is 1. The quantitative estimate of drug-likeness (QED) is 0.0832. The number of aromatic nitrogens is 5. The van der Waals surface area contributed by atoms with E-state index in [0.717, 1.165) is 63.5 Å². The molecule has 2 saturated carbocycles. The normalized spacial score (nSPS) is 21.5. The Labute approximate surface area is 442 Å². The number of fused-ring (bicyclic) bond motifs is 4. The number of hydrogen-bond donors (Lipinski definition) is 3. The Kier molecular flexibility index (Phi) is 14.3. The summed E-state index contributed by atoms with van der Waals surface area (Å²) in [6.45, 7) is 8.83. The minimum atomic E-state index is -1.20. The number of carbonyl (C=O) groups is 5. The smallest absolute Gasteiger partial charge is 0.310 e. The number of carboxylic acids is 1. The molecule has 3 aliphatic heterocycles. The van der Waals surface area contributed by atoms with Crippen molar-refractivity contribution in [3.8, 4) is 16.6 Å². The lowest BCUT2D eigenvalue weighted by Gasteiger charge is -2.45. The number of ether oxygens (including phenoxy) is 2. The number of carboxylic acid groups (broad SMARTS) is 1. The Morgan fingerprint density at radius 2 is 1.72 bits per heavy atom. The lowest BCUT2D eigenvalue weighted by molar-refractivity contribution is -0.162. The molecule has 0 bridgehead atoms. The maximum Gasteiger partial charge on any atom is 0.310 e. The molecular formula is C53H58Cl2N10O8S. The third kappa shape index (κ3) is 10.1. The summed E-state index contributed by atoms with van der Waals surface area (Å²) >= 11 is 14.7. The molecule has 0 radical (unpaired) electrons. The zero-order valence-electron chi connectivity index (χ0n) is 41.7. The molecule has 2 aliphatic carbocycles. The van der Waals surface area contributed by atoms with Crippen molar-refractivity contribution in [1.29, 1.82) is 0 Å². The van der Waals surface area contributed by atoms with Crippen LogP contribution in [0.5, 0.6) is 11.6 Å². The number of aliphatic carboxylic acids is 1. The molecule has 6 heterocycles. The number of nitrogens with one attached hydrogen (secondary N) is 2. The Morgan fingerprint density at radius 1 is 0.919 bits per heavy atom. The number of hydrogen-bond acceptors (Lipinski definition) is 13. The van der Waals surface area contributed by atoms with E-state index < -0.39 is 35.3 Å². The van der Waals surface area contributed by atoms with Crippen LogP contribution in [0.25, 0.3) is 5.00 Å². The van der Waals surface area contributed by atoms with Crippen molar-refractivity contribution in [3.05, 3.63) is 109 Å². The molecule has 3 aromatic heterocycles. The number of aryl methyl sites for hydroxylation is 2. The van der Waals surface area contributed by atoms with E-state index in [1.807, 2.05) is 40.7 Å². The van der Waals surface area contributed by atoms with Gasteiger partial charge in [0.05, 0.1) is 42.6 Å². The average Bonchev–Trinajstić information content (AvgIpc) is 3.83. The van der Waals surface area contributed by atoms with Gasteiger partial charge in [-0.1, -0.05) is 48.2 Å². The summed E-state index contributed by atoms with van der Waals surface area (Å²) in [6, 6.07) is 13.0. The van der Waals surface area contributed by atoms with Crippen LogP contribution in [-0.4, -0.2) is 115 Å². The van der Waals surface area contributed by atoms with Gasteiger partial charge in [0, 0.05) is 63.7 Å². The number of carbonyl (C=O) groups excluding carboxylic acids is 4. The van der Waals surface area contributed by atoms with Crippen LogP contribution in [0, 0.1) is 37.5 Å². The predicted molar refractivity (Wildman–Crippen MR) is 276 cm³/mol. The Morgan fingerprint density at radius 3 is 2.45 bits per heavy atom. The molecule has 74 heavy (non-hydrogen) atoms. The third-order valence-electron chi connectivity index (χ3n) is 15.5. The van der Waals surface area contributed by atoms with Gasteiger partial charge in [0.2, 0.25) is 29.5 Å². The van der Waals surface area contributed by atoms with Crippen LogP contribution in [0.15, 0.2) is 53.5 Å². The molecule has 4 amide bonds. The number of thiophene rings is 1. The van der Waals surface area contributed by atoms with Crippen LogP contribution in [0.2, 0.25) is 10.0 Å². The SMILES string of the molecule is Cc1sc2c(c1C)C(c1ccc(Cl)cc1)=N[C@@H](CC(=O)NCC(=O)NCCOc1ccc(COc3ccc(Cl)c4c3[C@@H](CN3CC5(CC5)CC3=O)N(C(=O)[C@@H]3CCCC[C@]3(C)C(=O)O)CC4)nn1)c1nnc(C)n1-2. The Bertz CT molecular complexity index is 3070. The van der Waals surface area contributed by atoms with Crippen molar-refractivity contribution >= 4 is 69.8 Å². The highest BCUT2D eigenvalue weighted by atomic mass is 35.5. The summed E-state index contributed by atoms with van der Waals surface area (Å²) in [6.07, 6.45) is 5.25. The molecule has 5 aliphatic rings.